The van der Waals surface area contributed by atoms with E-state index in [0.29, 0.717) is 11.4 Å². The van der Waals surface area contributed by atoms with E-state index in [4.69, 9.17) is 17.0 Å². The van der Waals surface area contributed by atoms with Crippen LogP contribution in [-0.4, -0.2) is 80.9 Å². The molecule has 0 aliphatic carbocycles. The van der Waals surface area contributed by atoms with E-state index in [1.54, 1.807) is 30.9 Å². The first-order valence-electron chi connectivity index (χ1n) is 3.58. The summed E-state index contributed by atoms with van der Waals surface area (Å²) in [4.78, 5) is 11.1. The zero-order valence-corrected chi connectivity index (χ0v) is 7.80. The van der Waals surface area contributed by atoms with Crippen LogP contribution in [0.15, 0.2) is 12.4 Å². The second kappa shape index (κ2) is 8.10. The van der Waals surface area contributed by atoms with Gasteiger partial charge in [0.05, 0.1) is 6.61 Å². The summed E-state index contributed by atoms with van der Waals surface area (Å²) in [5.41, 5.74) is 0. The van der Waals surface area contributed by atoms with Crippen molar-refractivity contribution < 1.29 is 9.53 Å². The van der Waals surface area contributed by atoms with Crippen molar-refractivity contribution in [1.29, 1.82) is 0 Å². The molecular weight excluding hydrogens is 222 g/mol. The molecule has 0 unspecified atom stereocenters. The summed E-state index contributed by atoms with van der Waals surface area (Å²) >= 11 is 4.94. The first-order chi connectivity index (χ1) is 5.66. The number of carbonyl (C=O) groups is 1. The predicted octanol–water partition coefficient (Wildman–Crippen LogP) is 0.264. The fraction of sp³-hybridized carbons (Fsp3) is 0.429. The summed E-state index contributed by atoms with van der Waals surface area (Å²) in [6.45, 7) is 2.11. The van der Waals surface area contributed by atoms with Crippen molar-refractivity contribution in [1.82, 2.24) is 9.13 Å². The summed E-state index contributed by atoms with van der Waals surface area (Å²) in [6, 6.07) is 0. The van der Waals surface area contributed by atoms with Crippen molar-refractivity contribution in [2.45, 2.75) is 6.92 Å². The summed E-state index contributed by atoms with van der Waals surface area (Å²) < 4.78 is 8.17. The number of rotatable bonds is 1. The Labute approximate surface area is 132 Å². The minimum atomic E-state index is -0.428. The number of aromatic nitrogens is 2. The van der Waals surface area contributed by atoms with E-state index in [2.05, 4.69) is 0 Å². The van der Waals surface area contributed by atoms with E-state index < -0.39 is 6.09 Å². The van der Waals surface area contributed by atoms with Crippen LogP contribution in [0.3, 0.4) is 0 Å². The molecule has 0 amide bonds. The fourth-order valence-electron chi connectivity index (χ4n) is 0.796. The Balaban J connectivity index is 0. The van der Waals surface area contributed by atoms with Crippen LogP contribution in [0.5, 0.6) is 0 Å². The number of hydrogen-bond acceptors (Lipinski definition) is 3. The first-order valence-corrected chi connectivity index (χ1v) is 3.98. The van der Waals surface area contributed by atoms with Gasteiger partial charge in [-0.3, -0.25) is 0 Å². The average molecular weight is 234 g/mol. The van der Waals surface area contributed by atoms with E-state index in [-0.39, 0.29) is 59.1 Å². The van der Waals surface area contributed by atoms with Gasteiger partial charge in [0.2, 0.25) is 0 Å². The number of hydrogen-bond donors (Lipinski definition) is 0. The van der Waals surface area contributed by atoms with Crippen molar-refractivity contribution in [3.05, 3.63) is 17.2 Å². The Hall–Kier alpha value is 0.900. The van der Waals surface area contributed by atoms with E-state index in [1.165, 1.54) is 4.57 Å². The van der Waals surface area contributed by atoms with Crippen molar-refractivity contribution in [2.24, 2.45) is 7.05 Å². The number of carbonyl (C=O) groups excluding carboxylic acids is 1. The molecule has 0 N–H and O–H groups in total. The number of imidazole rings is 1. The third-order valence-electron chi connectivity index (χ3n) is 1.41. The molecule has 70 valence electrons. The van der Waals surface area contributed by atoms with Gasteiger partial charge in [0.25, 0.3) is 0 Å². The standard InChI is InChI=1S/C7H10N2O2S.2Na.2H/c1-3-11-7(10)9-5-4-8(2)6(9)12;;;;/h4-5H,3H2,1-2H3;;;;. The van der Waals surface area contributed by atoms with Gasteiger partial charge in [-0.25, -0.2) is 9.36 Å². The zero-order valence-electron chi connectivity index (χ0n) is 6.98. The molecule has 0 spiro atoms. The number of nitrogens with zero attached hydrogens (tertiary/aromatic N) is 2. The van der Waals surface area contributed by atoms with Gasteiger partial charge >= 0.3 is 65.2 Å². The summed E-state index contributed by atoms with van der Waals surface area (Å²) in [7, 11) is 1.78. The van der Waals surface area contributed by atoms with Gasteiger partial charge in [0.15, 0.2) is 4.77 Å². The minimum absolute atomic E-state index is 0. The van der Waals surface area contributed by atoms with Crippen molar-refractivity contribution >= 4 is 77.4 Å². The van der Waals surface area contributed by atoms with Crippen LogP contribution in [0.1, 0.15) is 6.92 Å². The SMILES string of the molecule is CCOC(=O)n1ccn(C)c1=S.[NaH].[NaH]. The Morgan fingerprint density at radius 2 is 2.07 bits per heavy atom. The van der Waals surface area contributed by atoms with Crippen LogP contribution in [0.25, 0.3) is 0 Å². The van der Waals surface area contributed by atoms with Crippen LogP contribution >= 0.6 is 12.2 Å². The molecule has 4 nitrogen and oxygen atoms in total. The molecule has 0 aliphatic heterocycles. The average Bonchev–Trinajstić information content (AvgIpc) is 2.34. The van der Waals surface area contributed by atoms with Crippen LogP contribution in [0, 0.1) is 4.77 Å². The molecule has 1 rings (SSSR count). The Morgan fingerprint density at radius 1 is 1.50 bits per heavy atom. The molecule has 1 aromatic heterocycles. The maximum atomic E-state index is 11.1. The molecule has 0 aromatic carbocycles. The molecule has 0 bridgehead atoms. The second-order valence-electron chi connectivity index (χ2n) is 2.26. The zero-order chi connectivity index (χ0) is 9.14. The van der Waals surface area contributed by atoms with Crippen LogP contribution in [0.2, 0.25) is 0 Å². The van der Waals surface area contributed by atoms with E-state index in [9.17, 15) is 4.79 Å². The van der Waals surface area contributed by atoms with Crippen molar-refractivity contribution in [3.8, 4) is 0 Å². The molecule has 0 fully saturated rings. The van der Waals surface area contributed by atoms with Gasteiger partial charge in [-0.05, 0) is 19.1 Å². The molecule has 7 heteroatoms. The molecule has 0 saturated heterocycles. The molecule has 1 heterocycles. The molecule has 0 radical (unpaired) electrons. The van der Waals surface area contributed by atoms with E-state index >= 15 is 0 Å². The van der Waals surface area contributed by atoms with Gasteiger partial charge in [-0.1, -0.05) is 0 Å². The summed E-state index contributed by atoms with van der Waals surface area (Å²) in [6.07, 6.45) is 2.86. The van der Waals surface area contributed by atoms with Gasteiger partial charge < -0.3 is 9.30 Å². The molecule has 0 aliphatic rings. The predicted molar refractivity (Wildman–Crippen MR) is 61.0 cm³/mol. The van der Waals surface area contributed by atoms with Crippen LogP contribution in [0.4, 0.5) is 4.79 Å². The molecule has 0 atom stereocenters. The summed E-state index contributed by atoms with van der Waals surface area (Å²) in [5, 5.41) is 0. The van der Waals surface area contributed by atoms with Crippen LogP contribution in [-0.2, 0) is 11.8 Å². The second-order valence-corrected chi connectivity index (χ2v) is 2.63. The van der Waals surface area contributed by atoms with Crippen LogP contribution < -0.4 is 0 Å². The molecule has 14 heavy (non-hydrogen) atoms. The maximum absolute atomic E-state index is 11.1. The molecule has 1 aromatic rings. The van der Waals surface area contributed by atoms with Crippen molar-refractivity contribution in [2.75, 3.05) is 6.61 Å². The van der Waals surface area contributed by atoms with Crippen molar-refractivity contribution in [3.63, 3.8) is 0 Å². The number of ether oxygens (including phenoxy) is 1. The third kappa shape index (κ3) is 4.18. The quantitative estimate of drug-likeness (QED) is 0.516. The fourth-order valence-corrected chi connectivity index (χ4v) is 0.992. The monoisotopic (exact) mass is 234 g/mol. The Kier molecular flexibility index (Phi) is 10.0. The van der Waals surface area contributed by atoms with Gasteiger partial charge in [-0.2, -0.15) is 0 Å². The van der Waals surface area contributed by atoms with E-state index in [0.717, 1.165) is 0 Å². The number of aryl methyl sites for hydroxylation is 1. The van der Waals surface area contributed by atoms with Gasteiger partial charge in [-0.15, -0.1) is 0 Å². The van der Waals surface area contributed by atoms with E-state index in [1.807, 2.05) is 0 Å². The molecule has 0 saturated carbocycles. The summed E-state index contributed by atoms with van der Waals surface area (Å²) in [5.74, 6) is 0. The van der Waals surface area contributed by atoms with Gasteiger partial charge in [0.1, 0.15) is 0 Å². The normalized spacial score (nSPS) is 8.43. The Bertz CT molecular complexity index is 348. The topological polar surface area (TPSA) is 36.2 Å². The Morgan fingerprint density at radius 3 is 2.43 bits per heavy atom. The molecular formula is C7H12N2Na2O2S. The first kappa shape index (κ1) is 17.3. The van der Waals surface area contributed by atoms with Gasteiger partial charge in [0, 0.05) is 19.4 Å². The third-order valence-corrected chi connectivity index (χ3v) is 1.90.